The van der Waals surface area contributed by atoms with Gasteiger partial charge in [0.25, 0.3) is 0 Å². The van der Waals surface area contributed by atoms with Crippen LogP contribution in [0, 0.1) is 0 Å². The van der Waals surface area contributed by atoms with Crippen molar-refractivity contribution in [3.05, 3.63) is 35.9 Å². The molecule has 0 aliphatic rings. The maximum atomic E-state index is 10.6. The molecule has 0 aliphatic carbocycles. The molecule has 4 nitrogen and oxygen atoms in total. The molecule has 1 radical (unpaired) electrons. The summed E-state index contributed by atoms with van der Waals surface area (Å²) >= 11 is 0. The van der Waals surface area contributed by atoms with Crippen molar-refractivity contribution in [1.29, 1.82) is 0 Å². The Morgan fingerprint density at radius 1 is 1.33 bits per heavy atom. The zero-order chi connectivity index (χ0) is 8.81. The molecule has 0 heterocycles. The Morgan fingerprint density at radius 2 is 2.00 bits per heavy atom. The molecule has 0 saturated heterocycles. The van der Waals surface area contributed by atoms with Gasteiger partial charge in [0.2, 0.25) is 0 Å². The lowest BCUT2D eigenvalue weighted by molar-refractivity contribution is 0.175. The number of benzene rings is 1. The zero-order valence-corrected chi connectivity index (χ0v) is 7.24. The van der Waals surface area contributed by atoms with Gasteiger partial charge >= 0.3 is 8.60 Å². The van der Waals surface area contributed by atoms with E-state index in [2.05, 4.69) is 10.5 Å². The first-order valence-electron chi connectivity index (χ1n) is 3.34. The van der Waals surface area contributed by atoms with Crippen LogP contribution in [-0.2, 0) is 20.6 Å². The largest absolute Gasteiger partial charge is 0.381 e. The standard InChI is InChI=1S/C7H9NO3P/c8-11-12(9)10-6-7-4-2-1-3-5-7/h1-5H,6,8H2. The third kappa shape index (κ3) is 3.26. The van der Waals surface area contributed by atoms with Gasteiger partial charge in [0.1, 0.15) is 0 Å². The minimum absolute atomic E-state index is 0.243. The molecule has 5 heteroatoms. The Balaban J connectivity index is 2.33. The molecule has 0 fully saturated rings. The van der Waals surface area contributed by atoms with Crippen LogP contribution in [0.5, 0.6) is 0 Å². The highest BCUT2D eigenvalue weighted by molar-refractivity contribution is 7.40. The fraction of sp³-hybridized carbons (Fsp3) is 0.143. The average molecular weight is 186 g/mol. The van der Waals surface area contributed by atoms with Gasteiger partial charge in [-0.05, 0) is 5.56 Å². The summed E-state index contributed by atoms with van der Waals surface area (Å²) in [6.45, 7) is 0.243. The van der Waals surface area contributed by atoms with E-state index in [0.29, 0.717) is 0 Å². The highest BCUT2D eigenvalue weighted by atomic mass is 31.2. The topological polar surface area (TPSA) is 64.4 Å². The van der Waals surface area contributed by atoms with Gasteiger partial charge in [0.15, 0.2) is 0 Å². The highest BCUT2D eigenvalue weighted by Gasteiger charge is 2.05. The normalized spacial score (nSPS) is 12.8. The van der Waals surface area contributed by atoms with Crippen LogP contribution in [-0.4, -0.2) is 0 Å². The summed E-state index contributed by atoms with van der Waals surface area (Å²) in [5, 5.41) is 0. The fourth-order valence-electron chi connectivity index (χ4n) is 0.732. The number of hydrogen-bond acceptors (Lipinski definition) is 3. The predicted octanol–water partition coefficient (Wildman–Crippen LogP) is 1.75. The molecule has 2 N–H and O–H groups in total. The summed E-state index contributed by atoms with van der Waals surface area (Å²) in [7, 11) is -2.17. The molecule has 1 atom stereocenters. The monoisotopic (exact) mass is 186 g/mol. The lowest BCUT2D eigenvalue weighted by Gasteiger charge is -2.04. The van der Waals surface area contributed by atoms with E-state index in [0.717, 1.165) is 5.56 Å². The molecular formula is C7H9NO3P. The molecule has 0 aliphatic heterocycles. The zero-order valence-electron chi connectivity index (χ0n) is 6.34. The molecule has 65 valence electrons. The van der Waals surface area contributed by atoms with Crippen molar-refractivity contribution >= 4 is 8.60 Å². The van der Waals surface area contributed by atoms with Crippen LogP contribution in [0.4, 0.5) is 0 Å². The third-order valence-electron chi connectivity index (χ3n) is 1.27. The van der Waals surface area contributed by atoms with Gasteiger partial charge in [-0.1, -0.05) is 30.3 Å². The van der Waals surface area contributed by atoms with Gasteiger partial charge in [-0.15, -0.1) is 4.89 Å². The van der Waals surface area contributed by atoms with Gasteiger partial charge in [-0.3, -0.25) is 0 Å². The summed E-state index contributed by atoms with van der Waals surface area (Å²) in [6.07, 6.45) is 0. The summed E-state index contributed by atoms with van der Waals surface area (Å²) < 4.78 is 8.70. The van der Waals surface area contributed by atoms with E-state index in [-0.39, 0.29) is 6.61 Å². The lowest BCUT2D eigenvalue weighted by Crippen LogP contribution is -1.95. The molecule has 0 saturated carbocycles. The summed E-state index contributed by atoms with van der Waals surface area (Å²) in [4.78, 5) is 10.6. The Hall–Kier alpha value is -0.510. The Morgan fingerprint density at radius 3 is 2.58 bits per heavy atom. The maximum Gasteiger partial charge on any atom is 0.381 e. The van der Waals surface area contributed by atoms with Crippen molar-refractivity contribution < 1.29 is 14.0 Å². The minimum Gasteiger partial charge on any atom is -0.305 e. The van der Waals surface area contributed by atoms with Crippen molar-refractivity contribution in [2.75, 3.05) is 0 Å². The molecule has 1 rings (SSSR count). The summed E-state index contributed by atoms with van der Waals surface area (Å²) in [5.74, 6) is 4.63. The SMILES string of the molecule is NOP([O])OCc1ccccc1. The van der Waals surface area contributed by atoms with Crippen molar-refractivity contribution in [3.63, 3.8) is 0 Å². The van der Waals surface area contributed by atoms with Crippen LogP contribution >= 0.6 is 8.60 Å². The first-order chi connectivity index (χ1) is 5.83. The highest BCUT2D eigenvalue weighted by Crippen LogP contribution is 2.32. The third-order valence-corrected chi connectivity index (χ3v) is 1.78. The molecule has 0 bridgehead atoms. The smallest absolute Gasteiger partial charge is 0.305 e. The summed E-state index contributed by atoms with van der Waals surface area (Å²) in [5.41, 5.74) is 0.929. The molecular weight excluding hydrogens is 177 g/mol. The number of hydrogen-bond donors (Lipinski definition) is 1. The summed E-state index contributed by atoms with van der Waals surface area (Å²) in [6, 6.07) is 9.35. The van der Waals surface area contributed by atoms with Gasteiger partial charge in [-0.25, -0.2) is 10.5 Å². The van der Waals surface area contributed by atoms with Gasteiger partial charge in [-0.2, -0.15) is 0 Å². The lowest BCUT2D eigenvalue weighted by atomic mass is 10.2. The van der Waals surface area contributed by atoms with E-state index in [9.17, 15) is 4.89 Å². The minimum atomic E-state index is -2.17. The van der Waals surface area contributed by atoms with Gasteiger partial charge in [0, 0.05) is 0 Å². The molecule has 1 aromatic rings. The van der Waals surface area contributed by atoms with Crippen molar-refractivity contribution in [2.24, 2.45) is 5.90 Å². The van der Waals surface area contributed by atoms with Crippen LogP contribution in [0.15, 0.2) is 30.3 Å². The van der Waals surface area contributed by atoms with Crippen LogP contribution in [0.2, 0.25) is 0 Å². The van der Waals surface area contributed by atoms with Gasteiger partial charge in [0.05, 0.1) is 6.61 Å². The number of nitrogens with two attached hydrogens (primary N) is 1. The molecule has 0 amide bonds. The second kappa shape index (κ2) is 5.19. The van der Waals surface area contributed by atoms with E-state index in [1.807, 2.05) is 30.3 Å². The van der Waals surface area contributed by atoms with Gasteiger partial charge < -0.3 is 4.52 Å². The van der Waals surface area contributed by atoms with Crippen LogP contribution < -0.4 is 5.90 Å². The second-order valence-corrected chi connectivity index (χ2v) is 3.00. The van der Waals surface area contributed by atoms with Crippen LogP contribution in [0.25, 0.3) is 0 Å². The van der Waals surface area contributed by atoms with E-state index in [1.165, 1.54) is 0 Å². The van der Waals surface area contributed by atoms with Crippen molar-refractivity contribution in [2.45, 2.75) is 6.61 Å². The molecule has 12 heavy (non-hydrogen) atoms. The van der Waals surface area contributed by atoms with Crippen LogP contribution in [0.1, 0.15) is 5.56 Å². The maximum absolute atomic E-state index is 10.6. The quantitative estimate of drug-likeness (QED) is 0.575. The second-order valence-electron chi connectivity index (χ2n) is 2.09. The Labute approximate surface area is 71.9 Å². The number of rotatable bonds is 4. The van der Waals surface area contributed by atoms with Crippen LogP contribution in [0.3, 0.4) is 0 Å². The molecule has 1 unspecified atom stereocenters. The average Bonchev–Trinajstić information content (AvgIpc) is 2.16. The fourth-order valence-corrected chi connectivity index (χ4v) is 1.05. The Kier molecular flexibility index (Phi) is 4.14. The Bertz CT molecular complexity index is 219. The van der Waals surface area contributed by atoms with E-state index >= 15 is 0 Å². The molecule has 0 aromatic heterocycles. The predicted molar refractivity (Wildman–Crippen MR) is 44.1 cm³/mol. The molecule has 1 aromatic carbocycles. The molecule has 0 spiro atoms. The van der Waals surface area contributed by atoms with E-state index < -0.39 is 8.60 Å². The first kappa shape index (κ1) is 9.58. The van der Waals surface area contributed by atoms with E-state index in [1.54, 1.807) is 0 Å². The first-order valence-corrected chi connectivity index (χ1v) is 4.43. The van der Waals surface area contributed by atoms with Crippen molar-refractivity contribution in [1.82, 2.24) is 0 Å². The van der Waals surface area contributed by atoms with Crippen molar-refractivity contribution in [3.8, 4) is 0 Å². The van der Waals surface area contributed by atoms with E-state index in [4.69, 9.17) is 4.52 Å².